The Morgan fingerprint density at radius 2 is 1.96 bits per heavy atom. The van der Waals surface area contributed by atoms with E-state index in [1.165, 1.54) is 40.4 Å². The van der Waals surface area contributed by atoms with E-state index < -0.39 is 0 Å². The number of nitrogens with one attached hydrogen (secondary N) is 1. The Morgan fingerprint density at radius 1 is 1.16 bits per heavy atom. The molecule has 0 atom stereocenters. The molecule has 0 unspecified atom stereocenters. The second-order valence-corrected chi connectivity index (χ2v) is 8.50. The summed E-state index contributed by atoms with van der Waals surface area (Å²) in [5.74, 6) is 0.627. The van der Waals surface area contributed by atoms with Gasteiger partial charge in [-0.2, -0.15) is 0 Å². The molecule has 1 aliphatic rings. The zero-order valence-electron chi connectivity index (χ0n) is 14.9. The molecular formula is C21H25N3S. The molecule has 1 N–H and O–H groups in total. The van der Waals surface area contributed by atoms with Crippen molar-refractivity contribution in [1.82, 2.24) is 14.3 Å². The average Bonchev–Trinajstić information content (AvgIpc) is 3.38. The normalized spacial score (nSPS) is 14.5. The highest BCUT2D eigenvalue weighted by molar-refractivity contribution is 7.98. The van der Waals surface area contributed by atoms with E-state index in [2.05, 4.69) is 64.6 Å². The first-order chi connectivity index (χ1) is 12.2. The second kappa shape index (κ2) is 7.22. The molecule has 2 aromatic heterocycles. The largest absolute Gasteiger partial charge is 0.347 e. The van der Waals surface area contributed by atoms with Crippen LogP contribution in [0.2, 0.25) is 0 Å². The number of pyridine rings is 1. The average molecular weight is 352 g/mol. The Morgan fingerprint density at radius 3 is 2.68 bits per heavy atom. The molecule has 1 fully saturated rings. The number of benzene rings is 1. The molecule has 2 heterocycles. The second-order valence-electron chi connectivity index (χ2n) is 7.31. The SMILES string of the molecule is CC(C)Cn1cc(CNSC2CC2)c2ccc(-c3ccncc3)cc21. The maximum absolute atomic E-state index is 4.13. The standard InChI is InChI=1S/C21H25N3S/c1-15(2)13-24-14-18(12-23-25-19-4-5-19)20-6-3-17(11-21(20)24)16-7-9-22-10-8-16/h3,6-11,14-15,19,23H,4-5,12-13H2,1-2H3. The molecular weight excluding hydrogens is 326 g/mol. The third-order valence-corrected chi connectivity index (χ3v) is 5.69. The van der Waals surface area contributed by atoms with E-state index in [9.17, 15) is 0 Å². The lowest BCUT2D eigenvalue weighted by molar-refractivity contribution is 0.534. The molecule has 1 saturated carbocycles. The minimum absolute atomic E-state index is 0.627. The van der Waals surface area contributed by atoms with Gasteiger partial charge in [0.1, 0.15) is 0 Å². The van der Waals surface area contributed by atoms with Crippen LogP contribution in [0.4, 0.5) is 0 Å². The smallest absolute Gasteiger partial charge is 0.0489 e. The zero-order valence-corrected chi connectivity index (χ0v) is 15.7. The summed E-state index contributed by atoms with van der Waals surface area (Å²) in [5, 5.41) is 2.20. The highest BCUT2D eigenvalue weighted by Crippen LogP contribution is 2.33. The minimum atomic E-state index is 0.627. The van der Waals surface area contributed by atoms with E-state index in [-0.39, 0.29) is 0 Å². The number of hydrogen-bond donors (Lipinski definition) is 1. The summed E-state index contributed by atoms with van der Waals surface area (Å²) in [5.41, 5.74) is 5.20. The highest BCUT2D eigenvalue weighted by atomic mass is 32.2. The number of fused-ring (bicyclic) bond motifs is 1. The zero-order chi connectivity index (χ0) is 17.2. The first-order valence-electron chi connectivity index (χ1n) is 9.11. The van der Waals surface area contributed by atoms with Gasteiger partial charge in [0.25, 0.3) is 0 Å². The Kier molecular flexibility index (Phi) is 4.82. The van der Waals surface area contributed by atoms with Crippen LogP contribution in [-0.4, -0.2) is 14.8 Å². The fourth-order valence-electron chi connectivity index (χ4n) is 3.20. The van der Waals surface area contributed by atoms with Crippen LogP contribution in [0.3, 0.4) is 0 Å². The predicted molar refractivity (Wildman–Crippen MR) is 107 cm³/mol. The first-order valence-corrected chi connectivity index (χ1v) is 9.99. The fourth-order valence-corrected chi connectivity index (χ4v) is 4.05. The summed E-state index contributed by atoms with van der Waals surface area (Å²) in [4.78, 5) is 4.13. The van der Waals surface area contributed by atoms with E-state index in [1.807, 2.05) is 24.3 Å². The number of aromatic nitrogens is 2. The molecule has 3 aromatic rings. The molecule has 0 bridgehead atoms. The van der Waals surface area contributed by atoms with Gasteiger partial charge >= 0.3 is 0 Å². The van der Waals surface area contributed by atoms with Gasteiger partial charge in [0.2, 0.25) is 0 Å². The van der Waals surface area contributed by atoms with Gasteiger partial charge in [-0.15, -0.1) is 0 Å². The van der Waals surface area contributed by atoms with Crippen molar-refractivity contribution in [1.29, 1.82) is 0 Å². The van der Waals surface area contributed by atoms with Crippen LogP contribution in [-0.2, 0) is 13.1 Å². The third-order valence-electron chi connectivity index (χ3n) is 4.58. The lowest BCUT2D eigenvalue weighted by atomic mass is 10.0. The van der Waals surface area contributed by atoms with E-state index in [1.54, 1.807) is 0 Å². The molecule has 0 amide bonds. The predicted octanol–water partition coefficient (Wildman–Crippen LogP) is 5.26. The fraction of sp³-hybridized carbons (Fsp3) is 0.381. The van der Waals surface area contributed by atoms with Gasteiger partial charge < -0.3 is 4.57 Å². The van der Waals surface area contributed by atoms with Gasteiger partial charge in [0.15, 0.2) is 0 Å². The van der Waals surface area contributed by atoms with Crippen molar-refractivity contribution < 1.29 is 0 Å². The molecule has 3 nitrogen and oxygen atoms in total. The maximum Gasteiger partial charge on any atom is 0.0489 e. The Balaban J connectivity index is 1.68. The number of nitrogens with zero attached hydrogens (tertiary/aromatic N) is 2. The van der Waals surface area contributed by atoms with E-state index in [0.717, 1.165) is 18.3 Å². The van der Waals surface area contributed by atoms with Crippen LogP contribution in [0.15, 0.2) is 48.9 Å². The minimum Gasteiger partial charge on any atom is -0.347 e. The van der Waals surface area contributed by atoms with Crippen molar-refractivity contribution in [3.8, 4) is 11.1 Å². The van der Waals surface area contributed by atoms with Crippen LogP contribution in [0, 0.1) is 5.92 Å². The summed E-state index contributed by atoms with van der Waals surface area (Å²) < 4.78 is 5.98. The van der Waals surface area contributed by atoms with E-state index in [4.69, 9.17) is 0 Å². The van der Waals surface area contributed by atoms with Gasteiger partial charge in [-0.05, 0) is 53.6 Å². The topological polar surface area (TPSA) is 29.9 Å². The van der Waals surface area contributed by atoms with Crippen molar-refractivity contribution in [3.63, 3.8) is 0 Å². The Hall–Kier alpha value is -1.78. The molecule has 4 rings (SSSR count). The highest BCUT2D eigenvalue weighted by Gasteiger charge is 2.21. The van der Waals surface area contributed by atoms with Crippen molar-refractivity contribution in [3.05, 3.63) is 54.5 Å². The van der Waals surface area contributed by atoms with E-state index >= 15 is 0 Å². The van der Waals surface area contributed by atoms with Gasteiger partial charge in [0, 0.05) is 47.8 Å². The summed E-state index contributed by atoms with van der Waals surface area (Å²) in [6.45, 7) is 6.53. The molecule has 0 aliphatic heterocycles. The van der Waals surface area contributed by atoms with Gasteiger partial charge in [-0.3, -0.25) is 9.71 Å². The molecule has 1 aromatic carbocycles. The monoisotopic (exact) mass is 351 g/mol. The summed E-state index contributed by atoms with van der Waals surface area (Å²) in [6.07, 6.45) is 8.78. The quantitative estimate of drug-likeness (QED) is 0.589. The van der Waals surface area contributed by atoms with Crippen LogP contribution in [0.25, 0.3) is 22.0 Å². The van der Waals surface area contributed by atoms with Gasteiger partial charge in [0.05, 0.1) is 0 Å². The van der Waals surface area contributed by atoms with Crippen LogP contribution in [0.1, 0.15) is 32.3 Å². The molecule has 130 valence electrons. The van der Waals surface area contributed by atoms with Crippen LogP contribution in [0.5, 0.6) is 0 Å². The number of hydrogen-bond acceptors (Lipinski definition) is 3. The molecule has 0 radical (unpaired) electrons. The molecule has 4 heteroatoms. The van der Waals surface area contributed by atoms with Gasteiger partial charge in [-0.1, -0.05) is 37.9 Å². The van der Waals surface area contributed by atoms with Gasteiger partial charge in [-0.25, -0.2) is 0 Å². The summed E-state index contributed by atoms with van der Waals surface area (Å²) in [6, 6.07) is 11.0. The Labute approximate surface area is 154 Å². The van der Waals surface area contributed by atoms with E-state index in [0.29, 0.717) is 5.92 Å². The first kappa shape index (κ1) is 16.7. The maximum atomic E-state index is 4.13. The number of rotatable bonds is 7. The summed E-state index contributed by atoms with van der Waals surface area (Å²) in [7, 11) is 0. The lowest BCUT2D eigenvalue weighted by Crippen LogP contribution is -2.05. The molecule has 1 aliphatic carbocycles. The third kappa shape index (κ3) is 3.91. The van der Waals surface area contributed by atoms with Crippen molar-refractivity contribution in [2.75, 3.05) is 0 Å². The van der Waals surface area contributed by atoms with Crippen molar-refractivity contribution in [2.45, 2.75) is 45.0 Å². The molecule has 0 spiro atoms. The van der Waals surface area contributed by atoms with Crippen molar-refractivity contribution >= 4 is 22.9 Å². The molecule has 0 saturated heterocycles. The molecule has 25 heavy (non-hydrogen) atoms. The summed E-state index contributed by atoms with van der Waals surface area (Å²) >= 11 is 1.90. The van der Waals surface area contributed by atoms with Crippen LogP contribution < -0.4 is 4.72 Å². The van der Waals surface area contributed by atoms with Crippen LogP contribution >= 0.6 is 11.9 Å². The lowest BCUT2D eigenvalue weighted by Gasteiger charge is -2.09. The van der Waals surface area contributed by atoms with Crippen molar-refractivity contribution in [2.24, 2.45) is 5.92 Å². The Bertz CT molecular complexity index is 850.